The van der Waals surface area contributed by atoms with Crippen LogP contribution < -0.4 is 4.74 Å². The van der Waals surface area contributed by atoms with E-state index in [0.717, 1.165) is 12.0 Å². The van der Waals surface area contributed by atoms with E-state index >= 15 is 0 Å². The summed E-state index contributed by atoms with van der Waals surface area (Å²) in [5, 5.41) is 10.5. The van der Waals surface area contributed by atoms with Gasteiger partial charge in [-0.2, -0.15) is 0 Å². The van der Waals surface area contributed by atoms with E-state index in [2.05, 4.69) is 0 Å². The van der Waals surface area contributed by atoms with E-state index in [1.807, 2.05) is 6.07 Å². The molecule has 1 unspecified atom stereocenters. The highest BCUT2D eigenvalue weighted by molar-refractivity contribution is 6.32. The Labute approximate surface area is 101 Å². The van der Waals surface area contributed by atoms with Gasteiger partial charge in [0.2, 0.25) is 0 Å². The van der Waals surface area contributed by atoms with Gasteiger partial charge in [0, 0.05) is 13.7 Å². The first-order chi connectivity index (χ1) is 7.69. The first-order valence-corrected chi connectivity index (χ1v) is 5.57. The zero-order chi connectivity index (χ0) is 12.0. The lowest BCUT2D eigenvalue weighted by molar-refractivity contribution is 0.136. The molecule has 3 nitrogen and oxygen atoms in total. The van der Waals surface area contributed by atoms with E-state index in [1.54, 1.807) is 26.4 Å². The molecule has 0 bridgehead atoms. The van der Waals surface area contributed by atoms with Gasteiger partial charge in [0.05, 0.1) is 18.2 Å². The zero-order valence-corrected chi connectivity index (χ0v) is 10.3. The van der Waals surface area contributed by atoms with E-state index in [9.17, 15) is 5.11 Å². The maximum Gasteiger partial charge on any atom is 0.137 e. The number of hydrogen-bond donors (Lipinski definition) is 1. The molecule has 0 aliphatic carbocycles. The molecule has 1 rings (SSSR count). The SMILES string of the molecule is COCCCC(O)c1ccc(Cl)c(OC)c1. The zero-order valence-electron chi connectivity index (χ0n) is 9.57. The molecule has 0 saturated heterocycles. The van der Waals surface area contributed by atoms with Crippen molar-refractivity contribution >= 4 is 11.6 Å². The summed E-state index contributed by atoms with van der Waals surface area (Å²) in [6, 6.07) is 5.30. The number of rotatable bonds is 6. The lowest BCUT2D eigenvalue weighted by atomic mass is 10.0. The molecule has 0 aliphatic rings. The average Bonchev–Trinajstić information content (AvgIpc) is 2.30. The molecule has 1 aromatic rings. The number of benzene rings is 1. The summed E-state index contributed by atoms with van der Waals surface area (Å²) >= 11 is 5.90. The minimum atomic E-state index is -0.499. The summed E-state index contributed by atoms with van der Waals surface area (Å²) in [5.41, 5.74) is 0.817. The second kappa shape index (κ2) is 6.74. The molecule has 0 amide bonds. The minimum Gasteiger partial charge on any atom is -0.495 e. The van der Waals surface area contributed by atoms with Crippen LogP contribution in [0.25, 0.3) is 0 Å². The van der Waals surface area contributed by atoms with Gasteiger partial charge in [-0.15, -0.1) is 0 Å². The lowest BCUT2D eigenvalue weighted by Gasteiger charge is -2.12. The lowest BCUT2D eigenvalue weighted by Crippen LogP contribution is -2.00. The topological polar surface area (TPSA) is 38.7 Å². The van der Waals surface area contributed by atoms with Crippen LogP contribution in [0.1, 0.15) is 24.5 Å². The van der Waals surface area contributed by atoms with E-state index in [0.29, 0.717) is 23.8 Å². The number of halogens is 1. The molecule has 1 aromatic carbocycles. The Balaban J connectivity index is 2.64. The minimum absolute atomic E-state index is 0.499. The number of hydrogen-bond acceptors (Lipinski definition) is 3. The quantitative estimate of drug-likeness (QED) is 0.782. The van der Waals surface area contributed by atoms with Crippen molar-refractivity contribution < 1.29 is 14.6 Å². The van der Waals surface area contributed by atoms with Crippen molar-refractivity contribution in [1.29, 1.82) is 0 Å². The number of aliphatic hydroxyl groups is 1. The molecule has 1 N–H and O–H groups in total. The third-order valence-corrected chi connectivity index (χ3v) is 2.70. The third-order valence-electron chi connectivity index (χ3n) is 2.39. The summed E-state index contributed by atoms with van der Waals surface area (Å²) in [6.07, 6.45) is 0.989. The van der Waals surface area contributed by atoms with E-state index in [4.69, 9.17) is 21.1 Å². The van der Waals surface area contributed by atoms with Crippen LogP contribution in [0.2, 0.25) is 5.02 Å². The van der Waals surface area contributed by atoms with Crippen molar-refractivity contribution in [2.45, 2.75) is 18.9 Å². The molecule has 0 fully saturated rings. The first-order valence-electron chi connectivity index (χ1n) is 5.19. The first kappa shape index (κ1) is 13.3. The van der Waals surface area contributed by atoms with E-state index in [-0.39, 0.29) is 0 Å². The molecule has 0 spiro atoms. The van der Waals surface area contributed by atoms with Gasteiger partial charge < -0.3 is 14.6 Å². The Morgan fingerprint density at radius 2 is 2.12 bits per heavy atom. The van der Waals surface area contributed by atoms with Gasteiger partial charge in [-0.05, 0) is 30.5 Å². The van der Waals surface area contributed by atoms with Crippen molar-refractivity contribution in [3.63, 3.8) is 0 Å². The van der Waals surface area contributed by atoms with Gasteiger partial charge in [-0.3, -0.25) is 0 Å². The highest BCUT2D eigenvalue weighted by Gasteiger charge is 2.10. The Morgan fingerprint density at radius 1 is 1.38 bits per heavy atom. The van der Waals surface area contributed by atoms with Crippen LogP contribution in [-0.4, -0.2) is 25.9 Å². The van der Waals surface area contributed by atoms with Crippen LogP contribution in [0.3, 0.4) is 0 Å². The average molecular weight is 245 g/mol. The van der Waals surface area contributed by atoms with Crippen LogP contribution in [0.4, 0.5) is 0 Å². The van der Waals surface area contributed by atoms with E-state index < -0.39 is 6.10 Å². The molecule has 16 heavy (non-hydrogen) atoms. The summed E-state index contributed by atoms with van der Waals surface area (Å²) in [5.74, 6) is 0.588. The molecule has 0 aliphatic heterocycles. The fourth-order valence-electron chi connectivity index (χ4n) is 1.47. The van der Waals surface area contributed by atoms with Gasteiger partial charge in [-0.1, -0.05) is 17.7 Å². The normalized spacial score (nSPS) is 12.5. The molecular weight excluding hydrogens is 228 g/mol. The van der Waals surface area contributed by atoms with Gasteiger partial charge in [0.1, 0.15) is 5.75 Å². The fourth-order valence-corrected chi connectivity index (χ4v) is 1.67. The number of ether oxygens (including phenoxy) is 2. The standard InChI is InChI=1S/C12H17ClO3/c1-15-7-3-4-11(14)9-5-6-10(13)12(8-9)16-2/h5-6,8,11,14H,3-4,7H2,1-2H3. The van der Waals surface area contributed by atoms with Crippen molar-refractivity contribution in [1.82, 2.24) is 0 Å². The highest BCUT2D eigenvalue weighted by atomic mass is 35.5. The van der Waals surface area contributed by atoms with Crippen LogP contribution in [0, 0.1) is 0 Å². The maximum absolute atomic E-state index is 9.90. The van der Waals surface area contributed by atoms with Gasteiger partial charge >= 0.3 is 0 Å². The summed E-state index contributed by atoms with van der Waals surface area (Å²) in [4.78, 5) is 0. The van der Waals surface area contributed by atoms with Gasteiger partial charge in [0.25, 0.3) is 0 Å². The molecule has 1 atom stereocenters. The fraction of sp³-hybridized carbons (Fsp3) is 0.500. The number of aliphatic hydroxyl groups excluding tert-OH is 1. The van der Waals surface area contributed by atoms with Crippen molar-refractivity contribution in [3.8, 4) is 5.75 Å². The smallest absolute Gasteiger partial charge is 0.137 e. The Morgan fingerprint density at radius 3 is 2.75 bits per heavy atom. The molecule has 90 valence electrons. The van der Waals surface area contributed by atoms with Crippen molar-refractivity contribution in [3.05, 3.63) is 28.8 Å². The maximum atomic E-state index is 9.90. The molecule has 0 heterocycles. The van der Waals surface area contributed by atoms with E-state index in [1.165, 1.54) is 0 Å². The Kier molecular flexibility index (Phi) is 5.60. The van der Waals surface area contributed by atoms with Gasteiger partial charge in [-0.25, -0.2) is 0 Å². The monoisotopic (exact) mass is 244 g/mol. The van der Waals surface area contributed by atoms with Crippen LogP contribution in [0.5, 0.6) is 5.75 Å². The molecule has 0 radical (unpaired) electrons. The molecule has 0 saturated carbocycles. The molecular formula is C12H17ClO3. The van der Waals surface area contributed by atoms with Crippen molar-refractivity contribution in [2.24, 2.45) is 0 Å². The molecule has 4 heteroatoms. The van der Waals surface area contributed by atoms with Crippen LogP contribution in [0.15, 0.2) is 18.2 Å². The third kappa shape index (κ3) is 3.67. The largest absolute Gasteiger partial charge is 0.495 e. The van der Waals surface area contributed by atoms with Crippen molar-refractivity contribution in [2.75, 3.05) is 20.8 Å². The second-order valence-electron chi connectivity index (χ2n) is 3.54. The summed E-state index contributed by atoms with van der Waals surface area (Å²) in [6.45, 7) is 0.655. The van der Waals surface area contributed by atoms with Gasteiger partial charge in [0.15, 0.2) is 0 Å². The highest BCUT2D eigenvalue weighted by Crippen LogP contribution is 2.29. The summed E-state index contributed by atoms with van der Waals surface area (Å²) < 4.78 is 10.0. The second-order valence-corrected chi connectivity index (χ2v) is 3.95. The number of methoxy groups -OCH3 is 2. The predicted octanol–water partition coefficient (Wildman–Crippen LogP) is 2.81. The summed E-state index contributed by atoms with van der Waals surface area (Å²) in [7, 11) is 3.21. The Bertz CT molecular complexity index is 328. The Hall–Kier alpha value is -0.770. The van der Waals surface area contributed by atoms with Crippen LogP contribution >= 0.6 is 11.6 Å². The predicted molar refractivity (Wildman–Crippen MR) is 64.1 cm³/mol. The molecule has 0 aromatic heterocycles. The van der Waals surface area contributed by atoms with Crippen LogP contribution in [-0.2, 0) is 4.74 Å².